The van der Waals surface area contributed by atoms with Crippen molar-refractivity contribution in [2.24, 2.45) is 0 Å². The van der Waals surface area contributed by atoms with E-state index in [1.165, 1.54) is 0 Å². The van der Waals surface area contributed by atoms with Crippen LogP contribution in [0.25, 0.3) is 0 Å². The Hall–Kier alpha value is -1.32. The van der Waals surface area contributed by atoms with E-state index < -0.39 is 5.97 Å². The van der Waals surface area contributed by atoms with Gasteiger partial charge in [0.25, 0.3) is 0 Å². The van der Waals surface area contributed by atoms with E-state index in [2.05, 4.69) is 16.5 Å². The maximum atomic E-state index is 10.7. The first-order valence-corrected chi connectivity index (χ1v) is 5.41. The fourth-order valence-corrected chi connectivity index (χ4v) is 2.04. The van der Waals surface area contributed by atoms with Gasteiger partial charge in [0.2, 0.25) is 0 Å². The standard InChI is InChI=1S/C11H16N2O2/c1-3-9-7(2)13(8-4-5-8)10(12-9)6-11(14)15/h8H,3-6H2,1-2H3,(H,14,15). The third kappa shape index (κ3) is 1.89. The van der Waals surface area contributed by atoms with Gasteiger partial charge >= 0.3 is 5.97 Å². The molecule has 0 atom stereocenters. The summed E-state index contributed by atoms with van der Waals surface area (Å²) >= 11 is 0. The van der Waals surface area contributed by atoms with Crippen LogP contribution in [0.15, 0.2) is 0 Å². The lowest BCUT2D eigenvalue weighted by atomic mass is 10.3. The van der Waals surface area contributed by atoms with E-state index in [1.54, 1.807) is 0 Å². The second-order valence-corrected chi connectivity index (χ2v) is 4.09. The molecule has 0 unspecified atom stereocenters. The van der Waals surface area contributed by atoms with Gasteiger partial charge in [-0.3, -0.25) is 4.79 Å². The molecule has 82 valence electrons. The molecule has 1 aromatic heterocycles. The number of aromatic nitrogens is 2. The molecule has 1 aliphatic rings. The van der Waals surface area contributed by atoms with Crippen LogP contribution in [-0.4, -0.2) is 20.6 Å². The molecule has 1 N–H and O–H groups in total. The number of aliphatic carboxylic acids is 1. The number of imidazole rings is 1. The molecule has 15 heavy (non-hydrogen) atoms. The molecule has 1 aromatic rings. The van der Waals surface area contributed by atoms with Gasteiger partial charge in [-0.2, -0.15) is 0 Å². The van der Waals surface area contributed by atoms with E-state index in [9.17, 15) is 4.79 Å². The number of aryl methyl sites for hydroxylation is 1. The average molecular weight is 208 g/mol. The second-order valence-electron chi connectivity index (χ2n) is 4.09. The molecule has 0 spiro atoms. The summed E-state index contributed by atoms with van der Waals surface area (Å²) in [7, 11) is 0. The lowest BCUT2D eigenvalue weighted by Gasteiger charge is -2.06. The summed E-state index contributed by atoms with van der Waals surface area (Å²) in [5.41, 5.74) is 2.19. The van der Waals surface area contributed by atoms with E-state index in [0.717, 1.165) is 36.5 Å². The van der Waals surface area contributed by atoms with Crippen LogP contribution >= 0.6 is 0 Å². The molecule has 1 saturated carbocycles. The molecule has 0 amide bonds. The first-order chi connectivity index (χ1) is 7.13. The molecule has 1 fully saturated rings. The Balaban J connectivity index is 2.37. The van der Waals surface area contributed by atoms with Gasteiger partial charge in [0.1, 0.15) is 12.2 Å². The molecule has 0 aliphatic heterocycles. The molecule has 1 aliphatic carbocycles. The largest absolute Gasteiger partial charge is 0.481 e. The number of carboxylic acids is 1. The Labute approximate surface area is 88.9 Å². The number of carbonyl (C=O) groups is 1. The van der Waals surface area contributed by atoms with Gasteiger partial charge in [-0.25, -0.2) is 4.98 Å². The Bertz CT molecular complexity index is 392. The maximum Gasteiger partial charge on any atom is 0.311 e. The number of carboxylic acid groups (broad SMARTS) is 1. The molecule has 1 heterocycles. The van der Waals surface area contributed by atoms with E-state index in [4.69, 9.17) is 5.11 Å². The fourth-order valence-electron chi connectivity index (χ4n) is 2.04. The Morgan fingerprint density at radius 2 is 2.27 bits per heavy atom. The van der Waals surface area contributed by atoms with Crippen LogP contribution in [0, 0.1) is 6.92 Å². The third-order valence-electron chi connectivity index (χ3n) is 2.88. The molecular formula is C11H16N2O2. The highest BCUT2D eigenvalue weighted by atomic mass is 16.4. The van der Waals surface area contributed by atoms with E-state index >= 15 is 0 Å². The zero-order valence-electron chi connectivity index (χ0n) is 9.16. The van der Waals surface area contributed by atoms with Crippen LogP contribution in [0.4, 0.5) is 0 Å². The van der Waals surface area contributed by atoms with Crippen LogP contribution in [0.5, 0.6) is 0 Å². The van der Waals surface area contributed by atoms with Gasteiger partial charge < -0.3 is 9.67 Å². The molecule has 0 bridgehead atoms. The van der Waals surface area contributed by atoms with Gasteiger partial charge in [0, 0.05) is 11.7 Å². The van der Waals surface area contributed by atoms with Gasteiger partial charge in [0.15, 0.2) is 0 Å². The zero-order chi connectivity index (χ0) is 11.0. The zero-order valence-corrected chi connectivity index (χ0v) is 9.16. The highest BCUT2D eigenvalue weighted by Crippen LogP contribution is 2.37. The summed E-state index contributed by atoms with van der Waals surface area (Å²) in [6, 6.07) is 0.507. The van der Waals surface area contributed by atoms with E-state index in [1.807, 2.05) is 6.92 Å². The molecule has 0 saturated heterocycles. The smallest absolute Gasteiger partial charge is 0.311 e. The van der Waals surface area contributed by atoms with Crippen molar-refractivity contribution in [3.05, 3.63) is 17.2 Å². The quantitative estimate of drug-likeness (QED) is 0.819. The summed E-state index contributed by atoms with van der Waals surface area (Å²) < 4.78 is 2.12. The minimum atomic E-state index is -0.801. The molecule has 4 heteroatoms. The van der Waals surface area contributed by atoms with Crippen molar-refractivity contribution in [2.75, 3.05) is 0 Å². The predicted molar refractivity (Wildman–Crippen MR) is 56.0 cm³/mol. The molecule has 4 nitrogen and oxygen atoms in total. The Morgan fingerprint density at radius 1 is 1.60 bits per heavy atom. The van der Waals surface area contributed by atoms with Crippen molar-refractivity contribution in [3.8, 4) is 0 Å². The summed E-state index contributed by atoms with van der Waals surface area (Å²) in [6.45, 7) is 4.09. The van der Waals surface area contributed by atoms with E-state index in [-0.39, 0.29) is 6.42 Å². The number of hydrogen-bond acceptors (Lipinski definition) is 2. The predicted octanol–water partition coefficient (Wildman–Crippen LogP) is 1.72. The van der Waals surface area contributed by atoms with Crippen LogP contribution in [-0.2, 0) is 17.6 Å². The SMILES string of the molecule is CCc1nc(CC(=O)O)n(C2CC2)c1C. The summed E-state index contributed by atoms with van der Waals surface area (Å²) in [6.07, 6.45) is 3.23. The van der Waals surface area contributed by atoms with Crippen LogP contribution < -0.4 is 0 Å². The Kier molecular flexibility index (Phi) is 2.50. The first-order valence-electron chi connectivity index (χ1n) is 5.41. The van der Waals surface area contributed by atoms with Crippen molar-refractivity contribution in [2.45, 2.75) is 45.6 Å². The fraction of sp³-hybridized carbons (Fsp3) is 0.636. The van der Waals surface area contributed by atoms with Crippen LogP contribution in [0.3, 0.4) is 0 Å². The lowest BCUT2D eigenvalue weighted by Crippen LogP contribution is -2.09. The monoisotopic (exact) mass is 208 g/mol. The molecule has 2 rings (SSSR count). The normalized spacial score (nSPS) is 15.6. The van der Waals surface area contributed by atoms with Gasteiger partial charge in [0.05, 0.1) is 5.69 Å². The minimum Gasteiger partial charge on any atom is -0.481 e. The molecular weight excluding hydrogens is 192 g/mol. The highest BCUT2D eigenvalue weighted by Gasteiger charge is 2.29. The van der Waals surface area contributed by atoms with Crippen LogP contribution in [0.2, 0.25) is 0 Å². The highest BCUT2D eigenvalue weighted by molar-refractivity contribution is 5.69. The Morgan fingerprint density at radius 3 is 2.73 bits per heavy atom. The van der Waals surface area contributed by atoms with Crippen LogP contribution in [0.1, 0.15) is 43.0 Å². The van der Waals surface area contributed by atoms with Crippen molar-refractivity contribution in [1.82, 2.24) is 9.55 Å². The van der Waals surface area contributed by atoms with Crippen molar-refractivity contribution >= 4 is 5.97 Å². The van der Waals surface area contributed by atoms with Gasteiger partial charge in [-0.05, 0) is 26.2 Å². The number of hydrogen-bond donors (Lipinski definition) is 1. The third-order valence-corrected chi connectivity index (χ3v) is 2.88. The molecule has 0 radical (unpaired) electrons. The first kappa shape index (κ1) is 10.2. The van der Waals surface area contributed by atoms with E-state index in [0.29, 0.717) is 6.04 Å². The van der Waals surface area contributed by atoms with Crippen molar-refractivity contribution in [1.29, 1.82) is 0 Å². The summed E-state index contributed by atoms with van der Waals surface area (Å²) in [5.74, 6) is -0.0797. The van der Waals surface area contributed by atoms with Gasteiger partial charge in [-0.15, -0.1) is 0 Å². The lowest BCUT2D eigenvalue weighted by molar-refractivity contribution is -0.136. The van der Waals surface area contributed by atoms with Gasteiger partial charge in [-0.1, -0.05) is 6.92 Å². The topological polar surface area (TPSA) is 55.1 Å². The second kappa shape index (κ2) is 3.68. The summed E-state index contributed by atoms with van der Waals surface area (Å²) in [5, 5.41) is 8.81. The molecule has 0 aromatic carbocycles. The number of nitrogens with zero attached hydrogens (tertiary/aromatic N) is 2. The maximum absolute atomic E-state index is 10.7. The average Bonchev–Trinajstić information content (AvgIpc) is 2.93. The number of rotatable bonds is 4. The van der Waals surface area contributed by atoms with Crippen molar-refractivity contribution < 1.29 is 9.90 Å². The summed E-state index contributed by atoms with van der Waals surface area (Å²) in [4.78, 5) is 15.1. The van der Waals surface area contributed by atoms with Crippen molar-refractivity contribution in [3.63, 3.8) is 0 Å². The minimum absolute atomic E-state index is 0.0390.